The standard InChI is InChI=1S/C11H23N3O3S.C2HF3O2/c1-12(2)5-9-8-17-11-7-14(6-10(9)11)18(15,16)13(3)4;3-2(4,5)1(6)7/h9-11H,5-8H2,1-4H3;(H,6,7)/t9-,10-,11-;/m1./s1. The monoisotopic (exact) mass is 391 g/mol. The zero-order valence-electron chi connectivity index (χ0n) is 14.5. The normalized spacial score (nSPS) is 27.3. The van der Waals surface area contributed by atoms with Crippen molar-refractivity contribution in [2.24, 2.45) is 11.8 Å². The van der Waals surface area contributed by atoms with Crippen LogP contribution in [0.5, 0.6) is 0 Å². The highest BCUT2D eigenvalue weighted by Crippen LogP contribution is 2.35. The highest BCUT2D eigenvalue weighted by atomic mass is 32.2. The summed E-state index contributed by atoms with van der Waals surface area (Å²) in [5.74, 6) is -1.98. The molecular weight excluding hydrogens is 367 g/mol. The van der Waals surface area contributed by atoms with E-state index >= 15 is 0 Å². The van der Waals surface area contributed by atoms with Crippen molar-refractivity contribution in [2.75, 3.05) is 54.4 Å². The first-order chi connectivity index (χ1) is 11.3. The third-order valence-electron chi connectivity index (χ3n) is 4.04. The van der Waals surface area contributed by atoms with Gasteiger partial charge in [-0.05, 0) is 14.1 Å². The van der Waals surface area contributed by atoms with Gasteiger partial charge < -0.3 is 14.7 Å². The summed E-state index contributed by atoms with van der Waals surface area (Å²) in [5.41, 5.74) is 0. The Kier molecular flexibility index (Phi) is 7.21. The molecule has 0 aromatic heterocycles. The lowest BCUT2D eigenvalue weighted by Gasteiger charge is -2.23. The second-order valence-corrected chi connectivity index (χ2v) is 8.61. The molecule has 2 aliphatic heterocycles. The van der Waals surface area contributed by atoms with Gasteiger partial charge >= 0.3 is 12.1 Å². The first kappa shape index (κ1) is 22.1. The van der Waals surface area contributed by atoms with Crippen LogP contribution in [0, 0.1) is 11.8 Å². The van der Waals surface area contributed by atoms with E-state index in [-0.39, 0.29) is 6.10 Å². The van der Waals surface area contributed by atoms with Crippen LogP contribution in [0.25, 0.3) is 0 Å². The molecule has 8 nitrogen and oxygen atoms in total. The fourth-order valence-electron chi connectivity index (χ4n) is 2.84. The number of alkyl halides is 3. The number of halogens is 3. The quantitative estimate of drug-likeness (QED) is 0.722. The number of carboxylic acid groups (broad SMARTS) is 1. The molecule has 0 aliphatic carbocycles. The van der Waals surface area contributed by atoms with E-state index in [2.05, 4.69) is 4.90 Å². The molecule has 12 heteroatoms. The van der Waals surface area contributed by atoms with Gasteiger partial charge in [0.25, 0.3) is 10.2 Å². The Hall–Kier alpha value is -0.950. The summed E-state index contributed by atoms with van der Waals surface area (Å²) in [4.78, 5) is 11.0. The molecule has 0 aromatic carbocycles. The molecule has 0 spiro atoms. The maximum Gasteiger partial charge on any atom is 0.490 e. The summed E-state index contributed by atoms with van der Waals surface area (Å²) in [7, 11) is 3.92. The topological polar surface area (TPSA) is 90.4 Å². The van der Waals surface area contributed by atoms with Crippen LogP contribution in [-0.2, 0) is 19.7 Å². The summed E-state index contributed by atoms with van der Waals surface area (Å²) < 4.78 is 64.5. The van der Waals surface area contributed by atoms with Crippen LogP contribution in [0.3, 0.4) is 0 Å². The first-order valence-corrected chi connectivity index (χ1v) is 8.90. The van der Waals surface area contributed by atoms with Gasteiger partial charge in [0.05, 0.1) is 12.7 Å². The highest BCUT2D eigenvalue weighted by Gasteiger charge is 2.47. The Balaban J connectivity index is 0.000000381. The van der Waals surface area contributed by atoms with Crippen LogP contribution < -0.4 is 0 Å². The molecule has 0 radical (unpaired) electrons. The Morgan fingerprint density at radius 3 is 2.16 bits per heavy atom. The number of carboxylic acids is 1. The average Bonchev–Trinajstić information content (AvgIpc) is 3.00. The Labute approximate surface area is 145 Å². The van der Waals surface area contributed by atoms with Crippen molar-refractivity contribution in [3.8, 4) is 0 Å². The molecule has 2 rings (SSSR count). The lowest BCUT2D eigenvalue weighted by Crippen LogP contribution is -2.40. The fourth-order valence-corrected chi connectivity index (χ4v) is 4.00. The summed E-state index contributed by atoms with van der Waals surface area (Å²) >= 11 is 0. The van der Waals surface area contributed by atoms with Gasteiger partial charge in [0, 0.05) is 45.6 Å². The molecule has 1 N–H and O–H groups in total. The molecule has 148 valence electrons. The van der Waals surface area contributed by atoms with Crippen LogP contribution in [0.15, 0.2) is 0 Å². The van der Waals surface area contributed by atoms with Gasteiger partial charge in [0.2, 0.25) is 0 Å². The van der Waals surface area contributed by atoms with Crippen molar-refractivity contribution in [1.29, 1.82) is 0 Å². The summed E-state index contributed by atoms with van der Waals surface area (Å²) in [5, 5.41) is 7.12. The highest BCUT2D eigenvalue weighted by molar-refractivity contribution is 7.86. The number of nitrogens with zero attached hydrogens (tertiary/aromatic N) is 3. The van der Waals surface area contributed by atoms with Crippen molar-refractivity contribution in [3.63, 3.8) is 0 Å². The van der Waals surface area contributed by atoms with Gasteiger partial charge in [-0.25, -0.2) is 4.79 Å². The second kappa shape index (κ2) is 8.16. The van der Waals surface area contributed by atoms with Gasteiger partial charge in [-0.3, -0.25) is 0 Å². The lowest BCUT2D eigenvalue weighted by atomic mass is 9.93. The predicted octanol–water partition coefficient (Wildman–Crippen LogP) is -0.0655. The van der Waals surface area contributed by atoms with E-state index < -0.39 is 22.4 Å². The Morgan fingerprint density at radius 1 is 1.24 bits per heavy atom. The SMILES string of the molecule is CN(C)C[C@@H]1CO[C@@H]2CN(S(=O)(=O)N(C)C)C[C@H]12.O=C(O)C(F)(F)F. The molecule has 0 unspecified atom stereocenters. The molecule has 0 aromatic rings. The number of rotatable bonds is 4. The molecule has 2 heterocycles. The largest absolute Gasteiger partial charge is 0.490 e. The minimum absolute atomic E-state index is 0.0738. The molecule has 0 bridgehead atoms. The summed E-state index contributed by atoms with van der Waals surface area (Å²) in [6.07, 6.45) is -5.01. The molecule has 2 saturated heterocycles. The summed E-state index contributed by atoms with van der Waals surface area (Å²) in [6, 6.07) is 0. The van der Waals surface area contributed by atoms with Gasteiger partial charge in [-0.1, -0.05) is 0 Å². The molecule has 0 saturated carbocycles. The van der Waals surface area contributed by atoms with E-state index in [1.807, 2.05) is 14.1 Å². The van der Waals surface area contributed by atoms with Crippen LogP contribution in [0.2, 0.25) is 0 Å². The van der Waals surface area contributed by atoms with E-state index in [9.17, 15) is 21.6 Å². The van der Waals surface area contributed by atoms with Crippen LogP contribution in [0.1, 0.15) is 0 Å². The minimum Gasteiger partial charge on any atom is -0.475 e. The maximum absolute atomic E-state index is 12.1. The van der Waals surface area contributed by atoms with Crippen LogP contribution in [-0.4, -0.2) is 99.7 Å². The third kappa shape index (κ3) is 5.78. The number of hydrogen-bond acceptors (Lipinski definition) is 5. The number of ether oxygens (including phenoxy) is 1. The lowest BCUT2D eigenvalue weighted by molar-refractivity contribution is -0.192. The summed E-state index contributed by atoms with van der Waals surface area (Å²) in [6.45, 7) is 2.79. The molecule has 3 atom stereocenters. The number of fused-ring (bicyclic) bond motifs is 1. The Morgan fingerprint density at radius 2 is 1.76 bits per heavy atom. The van der Waals surface area contributed by atoms with E-state index in [1.54, 1.807) is 18.4 Å². The average molecular weight is 391 g/mol. The van der Waals surface area contributed by atoms with Gasteiger partial charge in [0.15, 0.2) is 0 Å². The fraction of sp³-hybridized carbons (Fsp3) is 0.923. The van der Waals surface area contributed by atoms with Crippen molar-refractivity contribution in [2.45, 2.75) is 12.3 Å². The van der Waals surface area contributed by atoms with Crippen molar-refractivity contribution in [1.82, 2.24) is 13.5 Å². The molecule has 2 aliphatic rings. The van der Waals surface area contributed by atoms with Crippen molar-refractivity contribution >= 4 is 16.2 Å². The number of aliphatic carboxylic acids is 1. The van der Waals surface area contributed by atoms with Crippen LogP contribution >= 0.6 is 0 Å². The van der Waals surface area contributed by atoms with E-state index in [0.717, 1.165) is 13.2 Å². The minimum atomic E-state index is -5.08. The zero-order valence-corrected chi connectivity index (χ0v) is 15.3. The molecule has 25 heavy (non-hydrogen) atoms. The van der Waals surface area contributed by atoms with Crippen molar-refractivity contribution < 1.29 is 36.2 Å². The van der Waals surface area contributed by atoms with Gasteiger partial charge in [-0.15, -0.1) is 0 Å². The molecular formula is C13H24F3N3O5S. The number of carbonyl (C=O) groups is 1. The predicted molar refractivity (Wildman–Crippen MR) is 83.1 cm³/mol. The maximum atomic E-state index is 12.1. The second-order valence-electron chi connectivity index (χ2n) is 6.47. The third-order valence-corrected chi connectivity index (χ3v) is 5.91. The van der Waals surface area contributed by atoms with Crippen molar-refractivity contribution in [3.05, 3.63) is 0 Å². The van der Waals surface area contributed by atoms with E-state index in [4.69, 9.17) is 14.6 Å². The molecule has 2 fully saturated rings. The van der Waals surface area contributed by atoms with E-state index in [1.165, 1.54) is 4.31 Å². The first-order valence-electron chi connectivity index (χ1n) is 7.50. The molecule has 0 amide bonds. The smallest absolute Gasteiger partial charge is 0.475 e. The zero-order chi connectivity index (χ0) is 19.6. The van der Waals surface area contributed by atoms with Gasteiger partial charge in [0.1, 0.15) is 0 Å². The Bertz CT molecular complexity index is 568. The van der Waals surface area contributed by atoms with Crippen LogP contribution in [0.4, 0.5) is 13.2 Å². The van der Waals surface area contributed by atoms with Gasteiger partial charge in [-0.2, -0.15) is 30.2 Å². The van der Waals surface area contributed by atoms with E-state index in [0.29, 0.717) is 24.9 Å². The number of hydrogen-bond donors (Lipinski definition) is 1.